The zero-order valence-electron chi connectivity index (χ0n) is 25.6. The van der Waals surface area contributed by atoms with Gasteiger partial charge in [0.15, 0.2) is 8.32 Å². The van der Waals surface area contributed by atoms with Gasteiger partial charge < -0.3 is 25.3 Å². The lowest BCUT2D eigenvalue weighted by Gasteiger charge is -2.36. The molecule has 4 amide bonds. The molecule has 10 nitrogen and oxygen atoms in total. The second-order valence-electron chi connectivity index (χ2n) is 14.4. The lowest BCUT2D eigenvalue weighted by Crippen LogP contribution is -2.60. The van der Waals surface area contributed by atoms with E-state index in [-0.39, 0.29) is 47.2 Å². The monoisotopic (exact) mass is 565 g/mol. The highest BCUT2D eigenvalue weighted by atomic mass is 28.4. The van der Waals surface area contributed by atoms with Crippen LogP contribution in [0.5, 0.6) is 0 Å². The van der Waals surface area contributed by atoms with Crippen LogP contribution < -0.4 is 16.0 Å². The number of carbonyl (C=O) groups is 4. The molecule has 5 atom stereocenters. The van der Waals surface area contributed by atoms with Crippen molar-refractivity contribution in [2.45, 2.75) is 129 Å². The van der Waals surface area contributed by atoms with Crippen LogP contribution in [-0.4, -0.2) is 97.2 Å². The Labute approximate surface area is 235 Å². The lowest BCUT2D eigenvalue weighted by atomic mass is 10.0. The standard InChI is InChI=1S/C28H51N5O5Si/c1-17(2)14-18-26(37)33-20(16-38-39(9,10)28(6,7)8)22(33)23(25(36)31-27(3,4)5)32-13-11-12-19(32)24(35)29-15-21(34)30-18/h17-20,22-23H,11-16H2,1-10H3,(H,29,35)(H,30,34)(H,31,36)/t18-,19-,20+,22-,23+,33?/m0/s1. The maximum atomic E-state index is 14.1. The molecule has 3 aliphatic heterocycles. The molecule has 0 saturated carbocycles. The summed E-state index contributed by atoms with van der Waals surface area (Å²) in [6, 6.07) is -2.76. The zero-order chi connectivity index (χ0) is 29.5. The molecule has 0 spiro atoms. The van der Waals surface area contributed by atoms with E-state index in [4.69, 9.17) is 4.43 Å². The fraction of sp³-hybridized carbons (Fsp3) is 0.857. The molecule has 0 aliphatic carbocycles. The van der Waals surface area contributed by atoms with Crippen molar-refractivity contribution >= 4 is 31.9 Å². The molecule has 0 aromatic carbocycles. The summed E-state index contributed by atoms with van der Waals surface area (Å²) < 4.78 is 6.58. The molecular weight excluding hydrogens is 514 g/mol. The number of rotatable bonds is 6. The molecule has 3 heterocycles. The smallest absolute Gasteiger partial charge is 0.245 e. The van der Waals surface area contributed by atoms with E-state index in [1.807, 2.05) is 39.5 Å². The minimum atomic E-state index is -2.14. The first kappa shape index (κ1) is 31.5. The van der Waals surface area contributed by atoms with Crippen LogP contribution in [0, 0.1) is 5.92 Å². The average molecular weight is 566 g/mol. The first-order valence-electron chi connectivity index (χ1n) is 14.4. The normalized spacial score (nSPS) is 29.2. The Morgan fingerprint density at radius 2 is 1.77 bits per heavy atom. The molecule has 3 saturated heterocycles. The van der Waals surface area contributed by atoms with Crippen LogP contribution >= 0.6 is 0 Å². The summed E-state index contributed by atoms with van der Waals surface area (Å²) in [5, 5.41) is 8.71. The Morgan fingerprint density at radius 1 is 1.13 bits per heavy atom. The van der Waals surface area contributed by atoms with E-state index in [0.29, 0.717) is 26.0 Å². The molecule has 0 unspecified atom stereocenters. The summed E-state index contributed by atoms with van der Waals surface area (Å²) in [5.74, 6) is -0.875. The maximum Gasteiger partial charge on any atom is 0.245 e. The molecule has 11 heteroatoms. The number of amides is 4. The van der Waals surface area contributed by atoms with Gasteiger partial charge in [-0.05, 0) is 70.6 Å². The van der Waals surface area contributed by atoms with E-state index in [0.717, 1.165) is 6.42 Å². The van der Waals surface area contributed by atoms with Gasteiger partial charge in [-0.25, -0.2) is 0 Å². The molecule has 0 aromatic rings. The fourth-order valence-electron chi connectivity index (χ4n) is 5.41. The summed E-state index contributed by atoms with van der Waals surface area (Å²) in [4.78, 5) is 57.7. The van der Waals surface area contributed by atoms with Crippen molar-refractivity contribution in [1.29, 1.82) is 0 Å². The van der Waals surface area contributed by atoms with Crippen molar-refractivity contribution in [3.63, 3.8) is 0 Å². The van der Waals surface area contributed by atoms with Gasteiger partial charge in [-0.15, -0.1) is 0 Å². The molecule has 3 N–H and O–H groups in total. The molecule has 0 aromatic heterocycles. The second-order valence-corrected chi connectivity index (χ2v) is 19.2. The third-order valence-electron chi connectivity index (χ3n) is 8.47. The minimum absolute atomic E-state index is 0.0136. The third-order valence-corrected chi connectivity index (χ3v) is 13.0. The Balaban J connectivity index is 2.05. The molecule has 0 radical (unpaired) electrons. The summed E-state index contributed by atoms with van der Waals surface area (Å²) >= 11 is 0. The number of nitrogens with one attached hydrogen (secondary N) is 3. The van der Waals surface area contributed by atoms with E-state index in [9.17, 15) is 19.2 Å². The van der Waals surface area contributed by atoms with Crippen LogP contribution in [-0.2, 0) is 23.6 Å². The molecule has 3 rings (SSSR count). The van der Waals surface area contributed by atoms with Crippen molar-refractivity contribution in [1.82, 2.24) is 25.8 Å². The third kappa shape index (κ3) is 7.41. The fourth-order valence-corrected chi connectivity index (χ4v) is 6.44. The molecule has 0 bridgehead atoms. The SMILES string of the molecule is CC(C)C[C@@H]1NC(=O)CNC(=O)[C@@H]2CCCN2[C@@H](C(=O)NC(C)(C)C)[C@@H]2[C@@H](CO[Si](C)(C)C(C)(C)C)N2C1=O. The highest BCUT2D eigenvalue weighted by Gasteiger charge is 2.61. The topological polar surface area (TPSA) is 120 Å². The summed E-state index contributed by atoms with van der Waals surface area (Å²) in [5.41, 5.74) is -0.483. The highest BCUT2D eigenvalue weighted by molar-refractivity contribution is 6.74. The highest BCUT2D eigenvalue weighted by Crippen LogP contribution is 2.41. The number of carbonyl (C=O) groups excluding carboxylic acids is 4. The molecular formula is C28H51N5O5Si. The molecule has 3 aliphatic rings. The van der Waals surface area contributed by atoms with Gasteiger partial charge in [0, 0.05) is 5.54 Å². The van der Waals surface area contributed by atoms with Crippen molar-refractivity contribution in [2.75, 3.05) is 19.7 Å². The molecule has 222 valence electrons. The van der Waals surface area contributed by atoms with Gasteiger partial charge in [0.05, 0.1) is 31.3 Å². The maximum absolute atomic E-state index is 14.1. The summed E-state index contributed by atoms with van der Waals surface area (Å²) in [6.45, 7) is 21.3. The van der Waals surface area contributed by atoms with Gasteiger partial charge in [-0.3, -0.25) is 24.1 Å². The lowest BCUT2D eigenvalue weighted by molar-refractivity contribution is -0.137. The summed E-state index contributed by atoms with van der Waals surface area (Å²) in [7, 11) is -2.14. The molecule has 39 heavy (non-hydrogen) atoms. The van der Waals surface area contributed by atoms with Crippen LogP contribution in [0.2, 0.25) is 18.1 Å². The van der Waals surface area contributed by atoms with E-state index in [1.165, 1.54) is 0 Å². The first-order chi connectivity index (χ1) is 17.8. The number of nitrogens with zero attached hydrogens (tertiary/aromatic N) is 2. The predicted octanol–water partition coefficient (Wildman–Crippen LogP) is 2.00. The Morgan fingerprint density at radius 3 is 2.33 bits per heavy atom. The van der Waals surface area contributed by atoms with Gasteiger partial charge in [-0.2, -0.15) is 0 Å². The van der Waals surface area contributed by atoms with Crippen LogP contribution in [0.4, 0.5) is 0 Å². The second kappa shape index (κ2) is 11.5. The van der Waals surface area contributed by atoms with E-state index in [2.05, 4.69) is 49.8 Å². The number of hydrogen-bond acceptors (Lipinski definition) is 6. The first-order valence-corrected chi connectivity index (χ1v) is 17.4. The largest absolute Gasteiger partial charge is 0.415 e. The van der Waals surface area contributed by atoms with Gasteiger partial charge in [-0.1, -0.05) is 34.6 Å². The van der Waals surface area contributed by atoms with Crippen LogP contribution in [0.15, 0.2) is 0 Å². The number of fused-ring (bicyclic) bond motifs is 2. The van der Waals surface area contributed by atoms with Gasteiger partial charge in [0.1, 0.15) is 12.1 Å². The van der Waals surface area contributed by atoms with Gasteiger partial charge in [0.2, 0.25) is 23.6 Å². The van der Waals surface area contributed by atoms with Crippen molar-refractivity contribution in [3.05, 3.63) is 0 Å². The minimum Gasteiger partial charge on any atom is -0.415 e. The summed E-state index contributed by atoms with van der Waals surface area (Å²) in [6.07, 6.45) is 1.81. The van der Waals surface area contributed by atoms with Crippen molar-refractivity contribution < 1.29 is 23.6 Å². The Kier molecular flexibility index (Phi) is 9.29. The van der Waals surface area contributed by atoms with E-state index < -0.39 is 38.0 Å². The van der Waals surface area contributed by atoms with Crippen LogP contribution in [0.3, 0.4) is 0 Å². The Hall–Kier alpha value is -1.98. The quantitative estimate of drug-likeness (QED) is 0.335. The Bertz CT molecular complexity index is 957. The van der Waals surface area contributed by atoms with Crippen LogP contribution in [0.25, 0.3) is 0 Å². The van der Waals surface area contributed by atoms with E-state index >= 15 is 0 Å². The molecule has 3 fully saturated rings. The zero-order valence-corrected chi connectivity index (χ0v) is 26.6. The number of hydrogen-bond donors (Lipinski definition) is 3. The average Bonchev–Trinajstić information content (AvgIpc) is 3.25. The predicted molar refractivity (Wildman–Crippen MR) is 153 cm³/mol. The van der Waals surface area contributed by atoms with Gasteiger partial charge in [0.25, 0.3) is 0 Å². The van der Waals surface area contributed by atoms with Gasteiger partial charge >= 0.3 is 0 Å². The van der Waals surface area contributed by atoms with Crippen molar-refractivity contribution in [3.8, 4) is 0 Å². The van der Waals surface area contributed by atoms with E-state index in [1.54, 1.807) is 4.90 Å². The van der Waals surface area contributed by atoms with Crippen molar-refractivity contribution in [2.24, 2.45) is 5.92 Å². The van der Waals surface area contributed by atoms with Crippen LogP contribution in [0.1, 0.15) is 74.7 Å².